The van der Waals surface area contributed by atoms with Crippen LogP contribution in [0.15, 0.2) is 46.7 Å². The van der Waals surface area contributed by atoms with E-state index in [1.807, 2.05) is 30.3 Å². The molecule has 1 aromatic carbocycles. The van der Waals surface area contributed by atoms with Gasteiger partial charge in [-0.1, -0.05) is 44.4 Å². The Morgan fingerprint density at radius 3 is 2.77 bits per heavy atom. The predicted molar refractivity (Wildman–Crippen MR) is 91.1 cm³/mol. The van der Waals surface area contributed by atoms with Crippen LogP contribution in [0, 0.1) is 0 Å². The quantitative estimate of drug-likeness (QED) is 0.578. The van der Waals surface area contributed by atoms with Crippen molar-refractivity contribution in [2.24, 2.45) is 0 Å². The third-order valence-corrected chi connectivity index (χ3v) is 5.10. The molecule has 22 heavy (non-hydrogen) atoms. The van der Waals surface area contributed by atoms with Crippen LogP contribution in [0.4, 0.5) is 4.79 Å². The molecule has 0 unspecified atom stereocenters. The number of unbranched alkanes of at least 4 members (excludes halogenated alkanes) is 3. The van der Waals surface area contributed by atoms with Crippen LogP contribution in [0.5, 0.6) is 0 Å². The van der Waals surface area contributed by atoms with Crippen molar-refractivity contribution in [3.05, 3.63) is 36.7 Å². The zero-order valence-electron chi connectivity index (χ0n) is 12.6. The number of rotatable bonds is 8. The molecular formula is C15H20N4OS2. The van der Waals surface area contributed by atoms with E-state index in [9.17, 15) is 4.79 Å². The van der Waals surface area contributed by atoms with Gasteiger partial charge in [-0.3, -0.25) is 0 Å². The van der Waals surface area contributed by atoms with E-state index in [-0.39, 0.29) is 6.03 Å². The molecule has 0 aliphatic carbocycles. The predicted octanol–water partition coefficient (Wildman–Crippen LogP) is 4.22. The molecule has 0 radical (unpaired) electrons. The molecule has 5 nitrogen and oxygen atoms in total. The summed E-state index contributed by atoms with van der Waals surface area (Å²) in [5.74, 6) is 0. The van der Waals surface area contributed by atoms with Crippen LogP contribution in [-0.4, -0.2) is 27.3 Å². The van der Waals surface area contributed by atoms with Crippen LogP contribution in [0.25, 0.3) is 0 Å². The molecule has 1 aromatic heterocycles. The minimum Gasteiger partial charge on any atom is -0.336 e. The lowest BCUT2D eigenvalue weighted by atomic mass is 10.2. The molecule has 0 aliphatic heterocycles. The second-order valence-corrected chi connectivity index (χ2v) is 6.91. The van der Waals surface area contributed by atoms with E-state index in [0.29, 0.717) is 11.7 Å². The molecule has 7 heteroatoms. The van der Waals surface area contributed by atoms with E-state index in [4.69, 9.17) is 0 Å². The van der Waals surface area contributed by atoms with E-state index in [1.165, 1.54) is 34.6 Å². The van der Waals surface area contributed by atoms with Gasteiger partial charge in [0.15, 0.2) is 0 Å². The molecular weight excluding hydrogens is 316 g/mol. The SMILES string of the molecule is CCCCCCNC(=O)n1cnc(SSc2ccccc2)n1. The number of carbonyl (C=O) groups excluding carboxylic acids is 1. The zero-order chi connectivity index (χ0) is 15.6. The van der Waals surface area contributed by atoms with Crippen LogP contribution in [-0.2, 0) is 0 Å². The lowest BCUT2D eigenvalue weighted by Gasteiger charge is -2.03. The Morgan fingerprint density at radius 1 is 1.18 bits per heavy atom. The summed E-state index contributed by atoms with van der Waals surface area (Å²) >= 11 is 0. The van der Waals surface area contributed by atoms with E-state index in [1.54, 1.807) is 10.8 Å². The number of amides is 1. The number of carbonyl (C=O) groups is 1. The Kier molecular flexibility index (Phi) is 7.32. The van der Waals surface area contributed by atoms with E-state index >= 15 is 0 Å². The van der Waals surface area contributed by atoms with Gasteiger partial charge in [-0.2, -0.15) is 4.68 Å². The highest BCUT2D eigenvalue weighted by Gasteiger charge is 2.08. The molecule has 0 saturated heterocycles. The summed E-state index contributed by atoms with van der Waals surface area (Å²) < 4.78 is 1.26. The Morgan fingerprint density at radius 2 is 2.00 bits per heavy atom. The number of benzene rings is 1. The number of hydrogen-bond acceptors (Lipinski definition) is 5. The summed E-state index contributed by atoms with van der Waals surface area (Å²) in [6, 6.07) is 9.78. The Labute approximate surface area is 138 Å². The highest BCUT2D eigenvalue weighted by molar-refractivity contribution is 8.76. The first-order valence-electron chi connectivity index (χ1n) is 7.39. The monoisotopic (exact) mass is 336 g/mol. The standard InChI is InChI=1S/C15H20N4OS2/c1-2-3-4-8-11-16-15(20)19-12-17-14(18-19)22-21-13-9-6-5-7-10-13/h5-7,9-10,12H,2-4,8,11H2,1H3,(H,16,20). The van der Waals surface area contributed by atoms with Crippen LogP contribution in [0.2, 0.25) is 0 Å². The topological polar surface area (TPSA) is 59.8 Å². The largest absolute Gasteiger partial charge is 0.343 e. The van der Waals surface area contributed by atoms with Gasteiger partial charge in [0.25, 0.3) is 0 Å². The zero-order valence-corrected chi connectivity index (χ0v) is 14.2. The highest BCUT2D eigenvalue weighted by Crippen LogP contribution is 2.34. The van der Waals surface area contributed by atoms with Crippen molar-refractivity contribution in [1.29, 1.82) is 0 Å². The lowest BCUT2D eigenvalue weighted by Crippen LogP contribution is -2.29. The summed E-state index contributed by atoms with van der Waals surface area (Å²) in [6.45, 7) is 2.85. The highest BCUT2D eigenvalue weighted by atomic mass is 33.1. The normalized spacial score (nSPS) is 10.6. The summed E-state index contributed by atoms with van der Waals surface area (Å²) in [5, 5.41) is 7.61. The molecule has 0 saturated carbocycles. The smallest absolute Gasteiger partial charge is 0.336 e. The minimum absolute atomic E-state index is 0.222. The fourth-order valence-electron chi connectivity index (χ4n) is 1.77. The van der Waals surface area contributed by atoms with E-state index < -0.39 is 0 Å². The van der Waals surface area contributed by atoms with Crippen LogP contribution in [0.1, 0.15) is 32.6 Å². The van der Waals surface area contributed by atoms with Gasteiger partial charge in [-0.25, -0.2) is 9.78 Å². The van der Waals surface area contributed by atoms with Gasteiger partial charge >= 0.3 is 6.03 Å². The van der Waals surface area contributed by atoms with Crippen LogP contribution >= 0.6 is 21.6 Å². The molecule has 1 heterocycles. The molecule has 1 amide bonds. The first-order chi connectivity index (χ1) is 10.8. The minimum atomic E-state index is -0.222. The van der Waals surface area contributed by atoms with E-state index in [0.717, 1.165) is 17.7 Å². The third kappa shape index (κ3) is 5.73. The number of nitrogens with zero attached hydrogens (tertiary/aromatic N) is 3. The number of aromatic nitrogens is 3. The third-order valence-electron chi connectivity index (χ3n) is 2.94. The summed E-state index contributed by atoms with van der Waals surface area (Å²) in [6.07, 6.45) is 5.99. The Hall–Kier alpha value is -1.47. The van der Waals surface area contributed by atoms with Crippen molar-refractivity contribution in [2.45, 2.75) is 42.7 Å². The molecule has 0 atom stereocenters. The average Bonchev–Trinajstić information content (AvgIpc) is 3.03. The molecule has 1 N–H and O–H groups in total. The van der Waals surface area contributed by atoms with Gasteiger partial charge < -0.3 is 5.32 Å². The molecule has 2 aromatic rings. The van der Waals surface area contributed by atoms with Crippen molar-refractivity contribution >= 4 is 27.6 Å². The second kappa shape index (κ2) is 9.53. The summed E-state index contributed by atoms with van der Waals surface area (Å²) in [5.41, 5.74) is 0. The molecule has 118 valence electrons. The summed E-state index contributed by atoms with van der Waals surface area (Å²) in [7, 11) is 3.01. The molecule has 0 fully saturated rings. The van der Waals surface area contributed by atoms with Gasteiger partial charge in [0.2, 0.25) is 5.16 Å². The van der Waals surface area contributed by atoms with Gasteiger partial charge in [0.1, 0.15) is 6.33 Å². The van der Waals surface area contributed by atoms with Crippen molar-refractivity contribution in [2.75, 3.05) is 6.54 Å². The number of nitrogens with one attached hydrogen (secondary N) is 1. The Bertz CT molecular complexity index is 574. The van der Waals surface area contributed by atoms with Crippen LogP contribution < -0.4 is 5.32 Å². The number of hydrogen-bond donors (Lipinski definition) is 1. The maximum absolute atomic E-state index is 11.9. The average molecular weight is 336 g/mol. The molecule has 0 spiro atoms. The fourth-order valence-corrected chi connectivity index (χ4v) is 3.50. The molecule has 0 aliphatic rings. The molecule has 2 rings (SSSR count). The first kappa shape index (κ1) is 16.9. The fraction of sp³-hybridized carbons (Fsp3) is 0.400. The molecule has 0 bridgehead atoms. The lowest BCUT2D eigenvalue weighted by molar-refractivity contribution is 0.239. The van der Waals surface area contributed by atoms with Crippen molar-refractivity contribution < 1.29 is 4.79 Å². The van der Waals surface area contributed by atoms with Crippen LogP contribution in [0.3, 0.4) is 0 Å². The summed E-state index contributed by atoms with van der Waals surface area (Å²) in [4.78, 5) is 17.2. The van der Waals surface area contributed by atoms with Crippen molar-refractivity contribution in [3.63, 3.8) is 0 Å². The second-order valence-electron chi connectivity index (χ2n) is 4.74. The maximum Gasteiger partial charge on any atom is 0.343 e. The first-order valence-corrected chi connectivity index (χ1v) is 9.54. The maximum atomic E-state index is 11.9. The Balaban J connectivity index is 1.74. The van der Waals surface area contributed by atoms with Gasteiger partial charge in [-0.15, -0.1) is 5.10 Å². The van der Waals surface area contributed by atoms with E-state index in [2.05, 4.69) is 22.3 Å². The van der Waals surface area contributed by atoms with Crippen molar-refractivity contribution in [1.82, 2.24) is 20.1 Å². The van der Waals surface area contributed by atoms with Crippen molar-refractivity contribution in [3.8, 4) is 0 Å². The van der Waals surface area contributed by atoms with Gasteiger partial charge in [0.05, 0.1) is 0 Å². The van der Waals surface area contributed by atoms with Gasteiger partial charge in [0, 0.05) is 11.4 Å². The van der Waals surface area contributed by atoms with Gasteiger partial charge in [-0.05, 0) is 40.1 Å².